The lowest BCUT2D eigenvalue weighted by molar-refractivity contribution is 0.0467. The Bertz CT molecular complexity index is 925. The summed E-state index contributed by atoms with van der Waals surface area (Å²) in [4.78, 5) is 31.8. The van der Waals surface area contributed by atoms with Crippen LogP contribution < -0.4 is 0 Å². The number of rotatable bonds is 6. The first-order chi connectivity index (χ1) is 12.5. The van der Waals surface area contributed by atoms with Crippen molar-refractivity contribution < 1.29 is 19.1 Å². The normalized spacial score (nSPS) is 10.7. The molecule has 0 saturated carbocycles. The molecule has 0 saturated heterocycles. The zero-order valence-corrected chi connectivity index (χ0v) is 16.3. The van der Waals surface area contributed by atoms with Gasteiger partial charge in [-0.1, -0.05) is 0 Å². The molecule has 0 aliphatic rings. The monoisotopic (exact) mass is 390 g/mol. The fourth-order valence-electron chi connectivity index (χ4n) is 2.57. The molecule has 0 unspecified atom stereocenters. The molecule has 0 amide bonds. The van der Waals surface area contributed by atoms with E-state index >= 15 is 0 Å². The number of aryl methyl sites for hydroxylation is 1. The van der Waals surface area contributed by atoms with Crippen LogP contribution in [0, 0.1) is 13.8 Å². The van der Waals surface area contributed by atoms with Gasteiger partial charge in [0, 0.05) is 22.0 Å². The highest BCUT2D eigenvalue weighted by Gasteiger charge is 2.24. The smallest absolute Gasteiger partial charge is 0.355 e. The van der Waals surface area contributed by atoms with Gasteiger partial charge in [0.1, 0.15) is 17.3 Å². The molecule has 0 radical (unpaired) electrons. The van der Waals surface area contributed by atoms with Gasteiger partial charge in [-0.15, -0.1) is 11.3 Å². The molecule has 0 bridgehead atoms. The van der Waals surface area contributed by atoms with Gasteiger partial charge in [-0.05, 0) is 37.8 Å². The number of H-pyrrole nitrogens is 1. The number of esters is 2. The molecule has 3 heterocycles. The number of carbonyl (C=O) groups excluding carboxylic acids is 2. The first-order valence-electron chi connectivity index (χ1n) is 8.01. The number of aromatic nitrogens is 2. The second-order valence-electron chi connectivity index (χ2n) is 5.58. The number of nitrogens with one attached hydrogen (secondary N) is 1. The number of hydrogen-bond donors (Lipinski definition) is 1. The number of nitrogens with zero attached hydrogens (tertiary/aromatic N) is 1. The summed E-state index contributed by atoms with van der Waals surface area (Å²) in [6, 6.07) is 2.00. The zero-order chi connectivity index (χ0) is 18.7. The van der Waals surface area contributed by atoms with E-state index in [4.69, 9.17) is 9.47 Å². The minimum atomic E-state index is -0.489. The summed E-state index contributed by atoms with van der Waals surface area (Å²) in [6.07, 6.45) is 0. The maximum absolute atomic E-state index is 12.5. The molecule has 0 aliphatic heterocycles. The highest BCUT2D eigenvalue weighted by Crippen LogP contribution is 2.26. The Kier molecular flexibility index (Phi) is 5.53. The predicted molar refractivity (Wildman–Crippen MR) is 101 cm³/mol. The molecule has 0 aliphatic carbocycles. The second-order valence-corrected chi connectivity index (χ2v) is 7.22. The SMILES string of the molecule is CCOC(=O)c1[nH]c(C)c(C(=O)OCc2csc(-c3ccsc3)n2)c1C. The van der Waals surface area contributed by atoms with Crippen molar-refractivity contribution in [3.8, 4) is 10.6 Å². The number of aromatic amines is 1. The summed E-state index contributed by atoms with van der Waals surface area (Å²) in [5.74, 6) is -0.969. The van der Waals surface area contributed by atoms with Crippen molar-refractivity contribution in [2.75, 3.05) is 6.61 Å². The number of ether oxygens (including phenoxy) is 2. The number of carbonyl (C=O) groups is 2. The fraction of sp³-hybridized carbons (Fsp3) is 0.278. The van der Waals surface area contributed by atoms with Crippen LogP contribution in [-0.4, -0.2) is 28.5 Å². The Morgan fingerprint density at radius 3 is 2.69 bits per heavy atom. The zero-order valence-electron chi connectivity index (χ0n) is 14.6. The van der Waals surface area contributed by atoms with E-state index in [1.54, 1.807) is 32.1 Å². The van der Waals surface area contributed by atoms with Gasteiger partial charge in [0.25, 0.3) is 0 Å². The Hall–Kier alpha value is -2.45. The number of thiazole rings is 1. The number of thiophene rings is 1. The van der Waals surface area contributed by atoms with E-state index in [1.165, 1.54) is 11.3 Å². The minimum absolute atomic E-state index is 0.0816. The van der Waals surface area contributed by atoms with Crippen molar-refractivity contribution >= 4 is 34.6 Å². The van der Waals surface area contributed by atoms with Crippen LogP contribution >= 0.6 is 22.7 Å². The van der Waals surface area contributed by atoms with E-state index in [-0.39, 0.29) is 18.9 Å². The Labute approximate surface area is 158 Å². The third kappa shape index (κ3) is 3.71. The average Bonchev–Trinajstić information content (AvgIpc) is 3.33. The third-order valence-electron chi connectivity index (χ3n) is 3.79. The van der Waals surface area contributed by atoms with E-state index in [0.29, 0.717) is 22.5 Å². The van der Waals surface area contributed by atoms with Crippen LogP contribution in [-0.2, 0) is 16.1 Å². The van der Waals surface area contributed by atoms with Crippen LogP contribution in [0.1, 0.15) is 44.7 Å². The summed E-state index contributed by atoms with van der Waals surface area (Å²) in [5.41, 5.74) is 3.51. The van der Waals surface area contributed by atoms with Gasteiger partial charge >= 0.3 is 11.9 Å². The lowest BCUT2D eigenvalue weighted by Gasteiger charge is -2.04. The molecule has 3 rings (SSSR count). The van der Waals surface area contributed by atoms with E-state index in [1.807, 2.05) is 22.2 Å². The first-order valence-corrected chi connectivity index (χ1v) is 9.83. The molecule has 0 spiro atoms. The largest absolute Gasteiger partial charge is 0.461 e. The van der Waals surface area contributed by atoms with Crippen molar-refractivity contribution in [2.24, 2.45) is 0 Å². The molecule has 0 aromatic carbocycles. The molecular formula is C18H18N2O4S2. The highest BCUT2D eigenvalue weighted by molar-refractivity contribution is 7.14. The van der Waals surface area contributed by atoms with Crippen LogP contribution in [0.15, 0.2) is 22.2 Å². The van der Waals surface area contributed by atoms with Gasteiger partial charge in [-0.25, -0.2) is 14.6 Å². The van der Waals surface area contributed by atoms with Crippen LogP contribution in [0.5, 0.6) is 0 Å². The van der Waals surface area contributed by atoms with Gasteiger partial charge in [0.15, 0.2) is 0 Å². The molecule has 8 heteroatoms. The molecule has 6 nitrogen and oxygen atoms in total. The van der Waals surface area contributed by atoms with Crippen LogP contribution in [0.25, 0.3) is 10.6 Å². The topological polar surface area (TPSA) is 81.3 Å². The summed E-state index contributed by atoms with van der Waals surface area (Å²) in [7, 11) is 0. The van der Waals surface area contributed by atoms with Crippen molar-refractivity contribution in [3.05, 3.63) is 50.4 Å². The molecule has 3 aromatic heterocycles. The van der Waals surface area contributed by atoms with E-state index in [0.717, 1.165) is 10.6 Å². The van der Waals surface area contributed by atoms with Crippen molar-refractivity contribution in [1.82, 2.24) is 9.97 Å². The Balaban J connectivity index is 1.70. The molecular weight excluding hydrogens is 372 g/mol. The quantitative estimate of drug-likeness (QED) is 0.633. The maximum atomic E-state index is 12.5. The lowest BCUT2D eigenvalue weighted by Crippen LogP contribution is -2.09. The molecule has 136 valence electrons. The van der Waals surface area contributed by atoms with Gasteiger partial charge in [0.05, 0.1) is 17.9 Å². The second kappa shape index (κ2) is 7.84. The number of hydrogen-bond acceptors (Lipinski definition) is 7. The first kappa shape index (κ1) is 18.3. The van der Waals surface area contributed by atoms with Gasteiger partial charge in [0.2, 0.25) is 0 Å². The van der Waals surface area contributed by atoms with Crippen LogP contribution in [0.2, 0.25) is 0 Å². The lowest BCUT2D eigenvalue weighted by atomic mass is 10.1. The molecule has 3 aromatic rings. The van der Waals surface area contributed by atoms with Crippen LogP contribution in [0.3, 0.4) is 0 Å². The van der Waals surface area contributed by atoms with E-state index < -0.39 is 11.9 Å². The minimum Gasteiger partial charge on any atom is -0.461 e. The predicted octanol–water partition coefficient (Wildman–Crippen LogP) is 4.35. The summed E-state index contributed by atoms with van der Waals surface area (Å²) in [6.45, 7) is 5.51. The molecule has 0 fully saturated rings. The standard InChI is InChI=1S/C18H18N2O4S2/c1-4-23-18(22)15-10(2)14(11(3)19-15)17(21)24-7-13-9-26-16(20-13)12-5-6-25-8-12/h5-6,8-9,19H,4,7H2,1-3H3. The summed E-state index contributed by atoms with van der Waals surface area (Å²) >= 11 is 3.12. The molecule has 26 heavy (non-hydrogen) atoms. The van der Waals surface area contributed by atoms with Crippen LogP contribution in [0.4, 0.5) is 0 Å². The Morgan fingerprint density at radius 1 is 1.19 bits per heavy atom. The Morgan fingerprint density at radius 2 is 2.00 bits per heavy atom. The van der Waals surface area contributed by atoms with Crippen molar-refractivity contribution in [3.63, 3.8) is 0 Å². The average molecular weight is 390 g/mol. The molecule has 0 atom stereocenters. The van der Waals surface area contributed by atoms with E-state index in [2.05, 4.69) is 9.97 Å². The van der Waals surface area contributed by atoms with Gasteiger partial charge in [-0.3, -0.25) is 0 Å². The molecule has 1 N–H and O–H groups in total. The fourth-order valence-corrected chi connectivity index (χ4v) is 4.08. The summed E-state index contributed by atoms with van der Waals surface area (Å²) < 4.78 is 10.4. The van der Waals surface area contributed by atoms with Crippen molar-refractivity contribution in [1.29, 1.82) is 0 Å². The van der Waals surface area contributed by atoms with Gasteiger partial charge < -0.3 is 14.5 Å². The van der Waals surface area contributed by atoms with E-state index in [9.17, 15) is 9.59 Å². The highest BCUT2D eigenvalue weighted by atomic mass is 32.1. The third-order valence-corrected chi connectivity index (χ3v) is 5.42. The van der Waals surface area contributed by atoms with Crippen molar-refractivity contribution in [2.45, 2.75) is 27.4 Å². The van der Waals surface area contributed by atoms with Gasteiger partial charge in [-0.2, -0.15) is 11.3 Å². The summed E-state index contributed by atoms with van der Waals surface area (Å²) in [5, 5.41) is 6.80. The maximum Gasteiger partial charge on any atom is 0.355 e.